The number of amides is 5. The van der Waals surface area contributed by atoms with E-state index >= 15 is 4.39 Å². The summed E-state index contributed by atoms with van der Waals surface area (Å²) in [6.07, 6.45) is 3.95. The van der Waals surface area contributed by atoms with Crippen LogP contribution in [0.3, 0.4) is 0 Å². The predicted molar refractivity (Wildman–Crippen MR) is 255 cm³/mol. The lowest BCUT2D eigenvalue weighted by atomic mass is 9.46. The first-order chi connectivity index (χ1) is 33.1. The van der Waals surface area contributed by atoms with E-state index in [4.69, 9.17) is 14.2 Å². The quantitative estimate of drug-likeness (QED) is 0.141. The third kappa shape index (κ3) is 9.14. The van der Waals surface area contributed by atoms with Gasteiger partial charge < -0.3 is 40.4 Å². The molecule has 16 nitrogen and oxygen atoms in total. The van der Waals surface area contributed by atoms with Crippen molar-refractivity contribution >= 4 is 58.6 Å². The highest BCUT2D eigenvalue weighted by Gasteiger charge is 2.76. The van der Waals surface area contributed by atoms with Gasteiger partial charge in [-0.2, -0.15) is 0 Å². The maximum Gasteiger partial charge on any atom is 0.246 e. The zero-order valence-electron chi connectivity index (χ0n) is 40.5. The van der Waals surface area contributed by atoms with Gasteiger partial charge >= 0.3 is 0 Å². The van der Waals surface area contributed by atoms with Crippen molar-refractivity contribution < 1.29 is 62.4 Å². The average Bonchev–Trinajstić information content (AvgIpc) is 3.89. The van der Waals surface area contributed by atoms with Gasteiger partial charge in [-0.3, -0.25) is 38.5 Å². The van der Waals surface area contributed by atoms with Crippen molar-refractivity contribution in [3.05, 3.63) is 82.7 Å². The van der Waals surface area contributed by atoms with E-state index in [2.05, 4.69) is 22.9 Å². The van der Waals surface area contributed by atoms with Crippen molar-refractivity contribution in [2.75, 3.05) is 18.5 Å². The minimum atomic E-state index is -1.68. The Labute approximate surface area is 410 Å². The summed E-state index contributed by atoms with van der Waals surface area (Å²) in [6, 6.07) is 7.74. The Balaban J connectivity index is 0.874. The number of halogens is 1. The van der Waals surface area contributed by atoms with Gasteiger partial charge in [-0.25, -0.2) is 4.39 Å². The molecule has 6 aliphatic rings. The molecular formula is C52H63FN4O12S. The van der Waals surface area contributed by atoms with Crippen LogP contribution in [0.5, 0.6) is 5.75 Å². The average molecular weight is 987 g/mol. The number of rotatable bonds is 16. The van der Waals surface area contributed by atoms with Gasteiger partial charge in [-0.15, -0.1) is 11.8 Å². The number of Topliss-reactive ketones (excluding diaryl/α,β-unsaturated/α-hetero) is 1. The molecule has 376 valence electrons. The third-order valence-electron chi connectivity index (χ3n) is 15.7. The number of ether oxygens (including phenoxy) is 3. The molecule has 2 aromatic carbocycles. The zero-order valence-corrected chi connectivity index (χ0v) is 41.4. The van der Waals surface area contributed by atoms with Crippen LogP contribution in [0.4, 0.5) is 10.1 Å². The van der Waals surface area contributed by atoms with E-state index in [-0.39, 0.29) is 84.3 Å². The molecule has 8 rings (SSSR count). The topological polar surface area (TPSA) is 227 Å². The number of likely N-dealkylation sites (tertiary alicyclic amines) is 1. The van der Waals surface area contributed by atoms with Gasteiger partial charge in [0.2, 0.25) is 29.5 Å². The number of nitrogens with zero attached hydrogens (tertiary/aromatic N) is 1. The molecule has 12 atom stereocenters. The number of allylic oxidation sites excluding steroid dienone is 4. The van der Waals surface area contributed by atoms with E-state index in [1.54, 1.807) is 49.4 Å². The molecule has 5 amide bonds. The first-order valence-electron chi connectivity index (χ1n) is 24.1. The molecule has 2 saturated heterocycles. The van der Waals surface area contributed by atoms with Crippen molar-refractivity contribution in [1.82, 2.24) is 15.5 Å². The maximum absolute atomic E-state index is 16.7. The molecule has 18 heteroatoms. The second-order valence-corrected chi connectivity index (χ2v) is 22.2. The smallest absolute Gasteiger partial charge is 0.246 e. The highest BCUT2D eigenvalue weighted by Crippen LogP contribution is 2.70. The lowest BCUT2D eigenvalue weighted by molar-refractivity contribution is -0.201. The molecule has 0 radical (unpaired) electrons. The number of ketones is 2. The molecule has 3 saturated carbocycles. The van der Waals surface area contributed by atoms with Crippen LogP contribution in [0.25, 0.3) is 0 Å². The summed E-state index contributed by atoms with van der Waals surface area (Å²) < 4.78 is 36.0. The Bertz CT molecular complexity index is 2550. The standard InChI is InChI=1S/C52H63FN4O12S/c1-26(2)70-38-22-42(63)57(48(38)66)18-16-41(62)54-28(4)46(64)55-29(5)47(65)56-32-10-8-9-30(19-32)25-67-37-14-11-27(3)43(45(37)53)49-68-40-21-35-34-13-12-31-20-33(59)15-17-50(31,6)44(34)36(60)23-51(35,7)52(40,69-49)39(61)24-58/h8-11,14-15,17,19-20,26,28-29,34-36,38,40,44,49,58,60H,12-13,16,18,21-25H2,1-7H3,(H,54,62)(H,55,64)(H,56,65)/t28?,29?,34-,35-,36-,38?,40+,44+,49+,50-,51-,52+/m0/s1. The van der Waals surface area contributed by atoms with Crippen LogP contribution in [-0.2, 0) is 49.6 Å². The highest BCUT2D eigenvalue weighted by atomic mass is 32.2. The van der Waals surface area contributed by atoms with Crippen molar-refractivity contribution in [3.63, 3.8) is 0 Å². The number of hydrogen-bond donors (Lipinski definition) is 5. The van der Waals surface area contributed by atoms with Crippen LogP contribution < -0.4 is 20.7 Å². The van der Waals surface area contributed by atoms with Crippen LogP contribution in [-0.4, -0.2) is 110 Å². The molecule has 0 bridgehead atoms. The summed E-state index contributed by atoms with van der Waals surface area (Å²) >= 11 is 1.40. The lowest BCUT2D eigenvalue weighted by Gasteiger charge is -2.59. The van der Waals surface area contributed by atoms with E-state index in [9.17, 15) is 43.8 Å². The van der Waals surface area contributed by atoms with Crippen LogP contribution in [0, 0.1) is 41.3 Å². The first kappa shape index (κ1) is 51.1. The summed E-state index contributed by atoms with van der Waals surface area (Å²) in [5.41, 5.74) is -0.736. The summed E-state index contributed by atoms with van der Waals surface area (Å²) in [5, 5.41) is 30.0. The van der Waals surface area contributed by atoms with Crippen LogP contribution in [0.2, 0.25) is 0 Å². The van der Waals surface area contributed by atoms with Gasteiger partial charge in [0.05, 0.1) is 23.0 Å². The molecule has 0 aromatic heterocycles. The van der Waals surface area contributed by atoms with Crippen LogP contribution >= 0.6 is 11.8 Å². The largest absolute Gasteiger partial charge is 0.486 e. The Hall–Kier alpha value is -5.27. The molecule has 5 N–H and O–H groups in total. The molecule has 2 aromatic rings. The minimum Gasteiger partial charge on any atom is -0.486 e. The number of fused-ring (bicyclic) bond motifs is 7. The second-order valence-electron chi connectivity index (χ2n) is 20.5. The van der Waals surface area contributed by atoms with Crippen molar-refractivity contribution in [1.29, 1.82) is 0 Å². The zero-order chi connectivity index (χ0) is 50.6. The van der Waals surface area contributed by atoms with E-state index in [1.807, 2.05) is 26.8 Å². The second kappa shape index (κ2) is 19.7. The number of hydrogen-bond acceptors (Lipinski definition) is 13. The fourth-order valence-corrected chi connectivity index (χ4v) is 13.5. The Morgan fingerprint density at radius 2 is 1.77 bits per heavy atom. The number of benzene rings is 2. The van der Waals surface area contributed by atoms with E-state index < -0.39 is 88.2 Å². The Kier molecular flexibility index (Phi) is 14.4. The molecule has 4 aliphatic carbocycles. The van der Waals surface area contributed by atoms with Crippen molar-refractivity contribution in [2.24, 2.45) is 28.6 Å². The van der Waals surface area contributed by atoms with Crippen LogP contribution in [0.15, 0.2) is 60.2 Å². The summed E-state index contributed by atoms with van der Waals surface area (Å²) in [4.78, 5) is 91.3. The monoisotopic (exact) mass is 986 g/mol. The maximum atomic E-state index is 16.7. The molecule has 5 fully saturated rings. The summed E-state index contributed by atoms with van der Waals surface area (Å²) in [5.74, 6) is -4.32. The minimum absolute atomic E-state index is 0.0406. The van der Waals surface area contributed by atoms with Crippen molar-refractivity contribution in [3.8, 4) is 5.75 Å². The number of aryl methyl sites for hydroxylation is 1. The molecule has 3 unspecified atom stereocenters. The predicted octanol–water partition coefficient (Wildman–Crippen LogP) is 4.92. The molecular weight excluding hydrogens is 924 g/mol. The lowest BCUT2D eigenvalue weighted by Crippen LogP contribution is -2.63. The number of carbonyl (C=O) groups excluding carboxylic acids is 7. The third-order valence-corrected chi connectivity index (χ3v) is 16.9. The van der Waals surface area contributed by atoms with Gasteiger partial charge in [0.25, 0.3) is 0 Å². The number of anilines is 1. The number of aliphatic hydroxyl groups is 2. The number of imide groups is 1. The number of nitrogens with one attached hydrogen (secondary N) is 3. The highest BCUT2D eigenvalue weighted by molar-refractivity contribution is 8.01. The van der Waals surface area contributed by atoms with Gasteiger partial charge in [0.15, 0.2) is 35.0 Å². The van der Waals surface area contributed by atoms with Gasteiger partial charge in [-0.05, 0) is 105 Å². The fourth-order valence-electron chi connectivity index (χ4n) is 12.4. The van der Waals surface area contributed by atoms with E-state index in [0.29, 0.717) is 36.1 Å². The Morgan fingerprint density at radius 1 is 1.03 bits per heavy atom. The molecule has 70 heavy (non-hydrogen) atoms. The van der Waals surface area contributed by atoms with Gasteiger partial charge in [0, 0.05) is 41.8 Å². The fraction of sp³-hybridized carbons (Fsp3) is 0.558. The number of carbonyl (C=O) groups is 7. The summed E-state index contributed by atoms with van der Waals surface area (Å²) in [7, 11) is 0. The Morgan fingerprint density at radius 3 is 2.50 bits per heavy atom. The van der Waals surface area contributed by atoms with Crippen molar-refractivity contribution in [2.45, 2.75) is 140 Å². The van der Waals surface area contributed by atoms with Gasteiger partial charge in [0.1, 0.15) is 25.3 Å². The molecule has 2 heterocycles. The number of aliphatic hydroxyl groups excluding tert-OH is 2. The first-order valence-corrected chi connectivity index (χ1v) is 25.1. The molecule has 2 aliphatic heterocycles. The number of thioether (sulfide) groups is 1. The normalized spacial score (nSPS) is 31.8. The molecule has 0 spiro atoms. The summed E-state index contributed by atoms with van der Waals surface area (Å²) in [6.45, 7) is 11.4. The van der Waals surface area contributed by atoms with E-state index in [0.717, 1.165) is 10.5 Å². The SMILES string of the molecule is Cc1ccc(OCc2cccc(NC(=O)C(C)NC(=O)C(C)NC(=O)CCN3C(=O)CC(SC(C)C)C3=O)c2)c(F)c1[C@@H]1O[C@@H]2C[C@H]3[C@@H]4CCC5=CC(=O)C=C[C@]5(C)[C@H]4[C@@H](O)C[C@]3(C)[C@]2(C(=O)CO)O1. The van der Waals surface area contributed by atoms with Gasteiger partial charge in [-0.1, -0.05) is 57.5 Å². The van der Waals surface area contributed by atoms with E-state index in [1.165, 1.54) is 31.7 Å². The van der Waals surface area contributed by atoms with Crippen LogP contribution in [0.1, 0.15) is 103 Å².